The number of carbonyl (C=O) groups is 1. The Morgan fingerprint density at radius 3 is 2.71 bits per heavy atom. The molecule has 1 aliphatic heterocycles. The fourth-order valence-electron chi connectivity index (χ4n) is 3.65. The van der Waals surface area contributed by atoms with Gasteiger partial charge in [-0.15, -0.1) is 5.10 Å². The Morgan fingerprint density at radius 2 is 2.03 bits per heavy atom. The standard InChI is InChI=1S/C19H21F3N8O/c1-11-9-14(30-18(26-11)27-17(28-30)19(20,21)22)25-10-13-3-2-6-24-16(13)29-7-4-12(5-8-29)15(23)31/h2-3,6,9,12,25H,4-5,7-8,10H2,1H3,(H2,23,31). The largest absolute Gasteiger partial charge is 0.453 e. The molecule has 0 aliphatic carbocycles. The van der Waals surface area contributed by atoms with Crippen molar-refractivity contribution in [3.8, 4) is 0 Å². The predicted octanol–water partition coefficient (Wildman–Crippen LogP) is 2.16. The average molecular weight is 434 g/mol. The third-order valence-corrected chi connectivity index (χ3v) is 5.22. The molecule has 31 heavy (non-hydrogen) atoms. The molecule has 1 saturated heterocycles. The molecule has 0 saturated carbocycles. The number of rotatable bonds is 5. The zero-order chi connectivity index (χ0) is 22.2. The van der Waals surface area contributed by atoms with Crippen LogP contribution in [0.1, 0.15) is 29.9 Å². The molecular weight excluding hydrogens is 413 g/mol. The average Bonchev–Trinajstić information content (AvgIpc) is 3.17. The van der Waals surface area contributed by atoms with Crippen molar-refractivity contribution in [2.45, 2.75) is 32.5 Å². The lowest BCUT2D eigenvalue weighted by Gasteiger charge is -2.32. The molecule has 9 nitrogen and oxygen atoms in total. The molecule has 3 N–H and O–H groups in total. The van der Waals surface area contributed by atoms with Crippen LogP contribution in [0.5, 0.6) is 0 Å². The van der Waals surface area contributed by atoms with Gasteiger partial charge in [0, 0.05) is 49.1 Å². The maximum atomic E-state index is 13.0. The summed E-state index contributed by atoms with van der Waals surface area (Å²) in [4.78, 5) is 25.5. The number of nitrogens with zero attached hydrogens (tertiary/aromatic N) is 6. The Kier molecular flexibility index (Phi) is 5.38. The minimum atomic E-state index is -4.66. The van der Waals surface area contributed by atoms with Crippen molar-refractivity contribution in [1.29, 1.82) is 0 Å². The Bertz CT molecular complexity index is 1110. The van der Waals surface area contributed by atoms with Crippen LogP contribution in [0.4, 0.5) is 24.8 Å². The smallest absolute Gasteiger partial charge is 0.369 e. The lowest BCUT2D eigenvalue weighted by atomic mass is 9.96. The highest BCUT2D eigenvalue weighted by molar-refractivity contribution is 5.77. The van der Waals surface area contributed by atoms with E-state index in [0.717, 1.165) is 15.9 Å². The number of fused-ring (bicyclic) bond motifs is 1. The van der Waals surface area contributed by atoms with Crippen LogP contribution >= 0.6 is 0 Å². The van der Waals surface area contributed by atoms with Gasteiger partial charge in [0.15, 0.2) is 0 Å². The van der Waals surface area contributed by atoms with E-state index in [2.05, 4.69) is 30.3 Å². The molecule has 4 rings (SSSR count). The summed E-state index contributed by atoms with van der Waals surface area (Å²) in [6.07, 6.45) is -1.67. The first-order chi connectivity index (χ1) is 14.7. The Labute approximate surface area is 175 Å². The maximum Gasteiger partial charge on any atom is 0.453 e. The predicted molar refractivity (Wildman–Crippen MR) is 106 cm³/mol. The number of carbonyl (C=O) groups excluding carboxylic acids is 1. The number of anilines is 2. The number of nitrogens with two attached hydrogens (primary N) is 1. The first-order valence-electron chi connectivity index (χ1n) is 9.76. The van der Waals surface area contributed by atoms with Gasteiger partial charge >= 0.3 is 6.18 Å². The lowest BCUT2D eigenvalue weighted by Crippen LogP contribution is -2.39. The third kappa shape index (κ3) is 4.37. The highest BCUT2D eigenvalue weighted by Crippen LogP contribution is 2.28. The molecule has 3 aromatic rings. The van der Waals surface area contributed by atoms with E-state index in [1.807, 2.05) is 6.07 Å². The molecule has 0 bridgehead atoms. The molecule has 1 aliphatic rings. The minimum absolute atomic E-state index is 0.130. The second-order valence-electron chi connectivity index (χ2n) is 7.43. The highest BCUT2D eigenvalue weighted by Gasteiger charge is 2.37. The van der Waals surface area contributed by atoms with E-state index < -0.39 is 12.0 Å². The molecule has 1 fully saturated rings. The molecule has 0 unspecified atom stereocenters. The van der Waals surface area contributed by atoms with Crippen molar-refractivity contribution in [2.75, 3.05) is 23.3 Å². The fraction of sp³-hybridized carbons (Fsp3) is 0.421. The van der Waals surface area contributed by atoms with Crippen LogP contribution < -0.4 is 16.0 Å². The maximum absolute atomic E-state index is 13.0. The van der Waals surface area contributed by atoms with Gasteiger partial charge in [0.25, 0.3) is 11.6 Å². The number of alkyl halides is 3. The van der Waals surface area contributed by atoms with Crippen molar-refractivity contribution < 1.29 is 18.0 Å². The van der Waals surface area contributed by atoms with Gasteiger partial charge in [-0.3, -0.25) is 4.79 Å². The van der Waals surface area contributed by atoms with Crippen LogP contribution in [-0.2, 0) is 17.5 Å². The first-order valence-corrected chi connectivity index (χ1v) is 9.76. The number of hydrogen-bond acceptors (Lipinski definition) is 7. The molecule has 0 spiro atoms. The van der Waals surface area contributed by atoms with Crippen LogP contribution in [0.3, 0.4) is 0 Å². The van der Waals surface area contributed by atoms with Crippen molar-refractivity contribution in [2.24, 2.45) is 11.7 Å². The van der Waals surface area contributed by atoms with E-state index >= 15 is 0 Å². The van der Waals surface area contributed by atoms with Gasteiger partial charge in [-0.1, -0.05) is 6.07 Å². The van der Waals surface area contributed by atoms with Crippen molar-refractivity contribution >= 4 is 23.3 Å². The number of hydrogen-bond donors (Lipinski definition) is 2. The van der Waals surface area contributed by atoms with Gasteiger partial charge in [0.1, 0.15) is 11.6 Å². The molecule has 0 radical (unpaired) electrons. The van der Waals surface area contributed by atoms with E-state index in [0.29, 0.717) is 44.0 Å². The molecule has 3 aromatic heterocycles. The van der Waals surface area contributed by atoms with Crippen LogP contribution in [0.15, 0.2) is 24.4 Å². The second-order valence-corrected chi connectivity index (χ2v) is 7.43. The summed E-state index contributed by atoms with van der Waals surface area (Å²) >= 11 is 0. The quantitative estimate of drug-likeness (QED) is 0.632. The summed E-state index contributed by atoms with van der Waals surface area (Å²) in [5.74, 6) is -0.694. The van der Waals surface area contributed by atoms with E-state index in [9.17, 15) is 18.0 Å². The molecule has 0 atom stereocenters. The van der Waals surface area contributed by atoms with Gasteiger partial charge in [0.2, 0.25) is 5.91 Å². The fourth-order valence-corrected chi connectivity index (χ4v) is 3.65. The number of halogens is 3. The summed E-state index contributed by atoms with van der Waals surface area (Å²) in [5.41, 5.74) is 6.78. The minimum Gasteiger partial charge on any atom is -0.369 e. The number of aromatic nitrogens is 5. The lowest BCUT2D eigenvalue weighted by molar-refractivity contribution is -0.144. The number of pyridine rings is 1. The summed E-state index contributed by atoms with van der Waals surface area (Å²) in [5, 5.41) is 6.69. The van der Waals surface area contributed by atoms with Gasteiger partial charge < -0.3 is 16.0 Å². The number of nitrogens with one attached hydrogen (secondary N) is 1. The van der Waals surface area contributed by atoms with Crippen molar-refractivity contribution in [1.82, 2.24) is 24.6 Å². The Morgan fingerprint density at radius 1 is 1.29 bits per heavy atom. The summed E-state index contributed by atoms with van der Waals surface area (Å²) in [6, 6.07) is 5.29. The third-order valence-electron chi connectivity index (χ3n) is 5.22. The zero-order valence-corrected chi connectivity index (χ0v) is 16.7. The van der Waals surface area contributed by atoms with Crippen molar-refractivity contribution in [3.05, 3.63) is 41.5 Å². The monoisotopic (exact) mass is 434 g/mol. The van der Waals surface area contributed by atoms with Crippen LogP contribution in [0.2, 0.25) is 0 Å². The van der Waals surface area contributed by atoms with Gasteiger partial charge in [-0.25, -0.2) is 9.97 Å². The first kappa shape index (κ1) is 20.8. The number of piperidine rings is 1. The van der Waals surface area contributed by atoms with E-state index in [1.54, 1.807) is 25.3 Å². The van der Waals surface area contributed by atoms with Gasteiger partial charge in [-0.2, -0.15) is 22.7 Å². The summed E-state index contributed by atoms with van der Waals surface area (Å²) in [6.45, 7) is 3.27. The van der Waals surface area contributed by atoms with E-state index in [4.69, 9.17) is 5.73 Å². The van der Waals surface area contributed by atoms with E-state index in [-0.39, 0.29) is 17.6 Å². The Balaban J connectivity index is 1.56. The summed E-state index contributed by atoms with van der Waals surface area (Å²) in [7, 11) is 0. The van der Waals surface area contributed by atoms with Gasteiger partial charge in [0.05, 0.1) is 0 Å². The molecular formula is C19H21F3N8O. The second kappa shape index (κ2) is 8.00. The molecule has 164 valence electrons. The molecule has 12 heteroatoms. The number of primary amides is 1. The molecule has 4 heterocycles. The summed E-state index contributed by atoms with van der Waals surface area (Å²) < 4.78 is 40.1. The highest BCUT2D eigenvalue weighted by atomic mass is 19.4. The number of aryl methyl sites for hydroxylation is 1. The van der Waals surface area contributed by atoms with Gasteiger partial charge in [-0.05, 0) is 25.8 Å². The number of amides is 1. The SMILES string of the molecule is Cc1cc(NCc2cccnc2N2CCC(C(N)=O)CC2)n2nc(C(F)(F)F)nc2n1. The topological polar surface area (TPSA) is 114 Å². The molecule has 0 aromatic carbocycles. The zero-order valence-electron chi connectivity index (χ0n) is 16.7. The normalized spacial score (nSPS) is 15.4. The molecule has 1 amide bonds. The van der Waals surface area contributed by atoms with Crippen LogP contribution in [0.25, 0.3) is 5.78 Å². The van der Waals surface area contributed by atoms with Crippen LogP contribution in [0, 0.1) is 12.8 Å². The van der Waals surface area contributed by atoms with Crippen LogP contribution in [-0.4, -0.2) is 43.6 Å². The van der Waals surface area contributed by atoms with Crippen molar-refractivity contribution in [3.63, 3.8) is 0 Å². The Hall–Kier alpha value is -3.44. The van der Waals surface area contributed by atoms with E-state index in [1.165, 1.54) is 0 Å².